The molecular weight excluding hydrogens is 263 g/mol. The normalized spacial score (nSPS) is 29.6. The Bertz CT molecular complexity index is 522. The van der Waals surface area contributed by atoms with Crippen molar-refractivity contribution >= 4 is 12.9 Å². The molecule has 0 aromatic heterocycles. The first-order valence-electron chi connectivity index (χ1n) is 7.59. The Morgan fingerprint density at radius 3 is 2.14 bits per heavy atom. The summed E-state index contributed by atoms with van der Waals surface area (Å²) in [4.78, 5) is 11.6. The molecule has 0 saturated carbocycles. The van der Waals surface area contributed by atoms with Gasteiger partial charge in [-0.05, 0) is 65.9 Å². The van der Waals surface area contributed by atoms with Crippen LogP contribution in [0.3, 0.4) is 0 Å². The van der Waals surface area contributed by atoms with Crippen LogP contribution in [-0.4, -0.2) is 24.1 Å². The molecule has 1 aliphatic carbocycles. The standard InChI is InChI=1S/C17H25BO3/c1-12-11-14(13(2)19)9-7-8-10-15(12)18-20-16(3,4)17(5,6)21-18/h9-11H,7-8H2,1-6H3/b12-11-,14-9?,15-10+. The minimum absolute atomic E-state index is 0.101. The molecule has 21 heavy (non-hydrogen) atoms. The molecule has 3 nitrogen and oxygen atoms in total. The molecule has 0 unspecified atom stereocenters. The molecule has 0 spiro atoms. The average molecular weight is 288 g/mol. The van der Waals surface area contributed by atoms with E-state index in [0.717, 1.165) is 29.5 Å². The molecule has 0 radical (unpaired) electrons. The van der Waals surface area contributed by atoms with Gasteiger partial charge in [-0.2, -0.15) is 0 Å². The molecule has 0 bridgehead atoms. The van der Waals surface area contributed by atoms with Gasteiger partial charge in [0.1, 0.15) is 0 Å². The number of carbonyl (C=O) groups excluding carboxylic acids is 1. The first-order chi connectivity index (χ1) is 9.64. The number of rotatable bonds is 2. The summed E-state index contributed by atoms with van der Waals surface area (Å²) in [5.41, 5.74) is 2.16. The second-order valence-electron chi connectivity index (χ2n) is 6.87. The Hall–Kier alpha value is -1.13. The van der Waals surface area contributed by atoms with E-state index in [1.807, 2.05) is 19.1 Å². The molecule has 1 fully saturated rings. The van der Waals surface area contributed by atoms with Gasteiger partial charge < -0.3 is 9.31 Å². The largest absolute Gasteiger partial charge is 0.494 e. The third-order valence-electron chi connectivity index (χ3n) is 4.64. The zero-order valence-corrected chi connectivity index (χ0v) is 13.9. The molecule has 1 aliphatic heterocycles. The highest BCUT2D eigenvalue weighted by molar-refractivity contribution is 6.56. The lowest BCUT2D eigenvalue weighted by Crippen LogP contribution is -2.41. The third kappa shape index (κ3) is 3.22. The van der Waals surface area contributed by atoms with Crippen molar-refractivity contribution in [1.29, 1.82) is 0 Å². The van der Waals surface area contributed by atoms with E-state index in [-0.39, 0.29) is 24.1 Å². The van der Waals surface area contributed by atoms with Crippen molar-refractivity contribution in [3.63, 3.8) is 0 Å². The monoisotopic (exact) mass is 288 g/mol. The second-order valence-corrected chi connectivity index (χ2v) is 6.87. The highest BCUT2D eigenvalue weighted by Crippen LogP contribution is 2.40. The Labute approximate surface area is 128 Å². The van der Waals surface area contributed by atoms with Crippen LogP contribution in [0.4, 0.5) is 0 Å². The summed E-state index contributed by atoms with van der Waals surface area (Å²) in [5, 5.41) is 0. The topological polar surface area (TPSA) is 35.5 Å². The second kappa shape index (κ2) is 5.58. The molecule has 4 heteroatoms. The Morgan fingerprint density at radius 2 is 1.62 bits per heavy atom. The molecule has 0 aromatic carbocycles. The van der Waals surface area contributed by atoms with E-state index in [1.54, 1.807) is 6.92 Å². The molecular formula is C17H25BO3. The molecule has 1 heterocycles. The van der Waals surface area contributed by atoms with Crippen molar-refractivity contribution in [1.82, 2.24) is 0 Å². The van der Waals surface area contributed by atoms with Gasteiger partial charge in [-0.1, -0.05) is 17.7 Å². The summed E-state index contributed by atoms with van der Waals surface area (Å²) >= 11 is 0. The van der Waals surface area contributed by atoms with Crippen LogP contribution in [0, 0.1) is 0 Å². The molecule has 1 saturated heterocycles. The van der Waals surface area contributed by atoms with Crippen molar-refractivity contribution in [2.24, 2.45) is 0 Å². The van der Waals surface area contributed by atoms with Crippen LogP contribution in [-0.2, 0) is 14.1 Å². The third-order valence-corrected chi connectivity index (χ3v) is 4.64. The number of carbonyl (C=O) groups is 1. The van der Waals surface area contributed by atoms with E-state index in [2.05, 4.69) is 33.8 Å². The molecule has 0 amide bonds. The first kappa shape index (κ1) is 16.2. The fourth-order valence-corrected chi connectivity index (χ4v) is 2.51. The van der Waals surface area contributed by atoms with E-state index >= 15 is 0 Å². The van der Waals surface area contributed by atoms with E-state index < -0.39 is 0 Å². The van der Waals surface area contributed by atoms with Crippen molar-refractivity contribution in [2.75, 3.05) is 0 Å². The number of Topliss-reactive ketones (excluding diaryl/α,β-unsaturated/α-hetero) is 1. The van der Waals surface area contributed by atoms with Crippen LogP contribution >= 0.6 is 0 Å². The van der Waals surface area contributed by atoms with Gasteiger partial charge >= 0.3 is 7.12 Å². The van der Waals surface area contributed by atoms with Crippen LogP contribution in [0.5, 0.6) is 0 Å². The summed E-state index contributed by atoms with van der Waals surface area (Å²) in [6, 6.07) is 0. The van der Waals surface area contributed by atoms with E-state index in [4.69, 9.17) is 9.31 Å². The zero-order chi connectivity index (χ0) is 15.8. The van der Waals surface area contributed by atoms with Gasteiger partial charge in [-0.15, -0.1) is 0 Å². The molecule has 2 rings (SSSR count). The first-order valence-corrected chi connectivity index (χ1v) is 7.59. The van der Waals surface area contributed by atoms with Crippen molar-refractivity contribution < 1.29 is 14.1 Å². The number of hydrogen-bond acceptors (Lipinski definition) is 3. The van der Waals surface area contributed by atoms with Gasteiger partial charge in [0.2, 0.25) is 0 Å². The molecule has 0 aromatic rings. The molecule has 0 atom stereocenters. The Morgan fingerprint density at radius 1 is 1.10 bits per heavy atom. The van der Waals surface area contributed by atoms with Crippen LogP contribution in [0.2, 0.25) is 0 Å². The lowest BCUT2D eigenvalue weighted by molar-refractivity contribution is -0.113. The molecule has 0 N–H and O–H groups in total. The fourth-order valence-electron chi connectivity index (χ4n) is 2.51. The van der Waals surface area contributed by atoms with E-state index in [1.165, 1.54) is 0 Å². The van der Waals surface area contributed by atoms with Crippen LogP contribution in [0.25, 0.3) is 0 Å². The highest BCUT2D eigenvalue weighted by atomic mass is 16.7. The van der Waals surface area contributed by atoms with Gasteiger partial charge in [-0.25, -0.2) is 0 Å². The van der Waals surface area contributed by atoms with Gasteiger partial charge in [0, 0.05) is 5.57 Å². The average Bonchev–Trinajstić information content (AvgIpc) is 2.52. The van der Waals surface area contributed by atoms with Crippen LogP contribution in [0.1, 0.15) is 54.4 Å². The smallest absolute Gasteiger partial charge is 0.399 e. The van der Waals surface area contributed by atoms with Crippen LogP contribution in [0.15, 0.2) is 34.8 Å². The maximum Gasteiger partial charge on any atom is 0.494 e. The lowest BCUT2D eigenvalue weighted by atomic mass is 9.72. The van der Waals surface area contributed by atoms with Crippen molar-refractivity contribution in [3.05, 3.63) is 34.8 Å². The maximum atomic E-state index is 11.6. The summed E-state index contributed by atoms with van der Waals surface area (Å²) in [6.07, 6.45) is 7.87. The molecule has 114 valence electrons. The minimum Gasteiger partial charge on any atom is -0.399 e. The van der Waals surface area contributed by atoms with Crippen LogP contribution < -0.4 is 0 Å². The highest BCUT2D eigenvalue weighted by Gasteiger charge is 2.52. The quantitative estimate of drug-likeness (QED) is 0.725. The van der Waals surface area contributed by atoms with Gasteiger partial charge in [0.05, 0.1) is 11.2 Å². The minimum atomic E-state index is -0.363. The predicted octanol–water partition coefficient (Wildman–Crippen LogP) is 3.80. The predicted molar refractivity (Wildman–Crippen MR) is 85.9 cm³/mol. The Kier molecular flexibility index (Phi) is 4.32. The fraction of sp³-hybridized carbons (Fsp3) is 0.588. The summed E-state index contributed by atoms with van der Waals surface area (Å²) < 4.78 is 12.3. The summed E-state index contributed by atoms with van der Waals surface area (Å²) in [7, 11) is -0.363. The maximum absolute atomic E-state index is 11.6. The number of allylic oxidation sites excluding steroid dienone is 6. The van der Waals surface area contributed by atoms with Crippen molar-refractivity contribution in [3.8, 4) is 0 Å². The molecule has 2 aliphatic rings. The SMILES string of the molecule is CC(=O)C1=CCC/C=C(B2OC(C)(C)C(C)(C)O2)\C(C)=C/1. The zero-order valence-electron chi connectivity index (χ0n) is 13.9. The summed E-state index contributed by atoms with van der Waals surface area (Å²) in [5.74, 6) is 0.101. The van der Waals surface area contributed by atoms with Gasteiger partial charge in [-0.3, -0.25) is 4.79 Å². The number of hydrogen-bond donors (Lipinski definition) is 0. The lowest BCUT2D eigenvalue weighted by Gasteiger charge is -2.32. The van der Waals surface area contributed by atoms with Gasteiger partial charge in [0.25, 0.3) is 0 Å². The van der Waals surface area contributed by atoms with Crippen molar-refractivity contribution in [2.45, 2.75) is 65.6 Å². The number of ketones is 1. The van der Waals surface area contributed by atoms with E-state index in [9.17, 15) is 4.79 Å². The van der Waals surface area contributed by atoms with E-state index in [0.29, 0.717) is 0 Å². The van der Waals surface area contributed by atoms with Gasteiger partial charge in [0.15, 0.2) is 5.78 Å². The summed E-state index contributed by atoms with van der Waals surface area (Å²) in [6.45, 7) is 11.8. The Balaban J connectivity index is 2.31.